The molecule has 0 aromatic heterocycles. The van der Waals surface area contributed by atoms with Gasteiger partial charge < -0.3 is 4.90 Å². The van der Waals surface area contributed by atoms with Gasteiger partial charge in [0, 0.05) is 44.3 Å². The zero-order chi connectivity index (χ0) is 17.2. The van der Waals surface area contributed by atoms with Crippen molar-refractivity contribution in [2.45, 2.75) is 79.4 Å². The number of piperidine rings is 1. The van der Waals surface area contributed by atoms with Gasteiger partial charge in [-0.15, -0.1) is 0 Å². The summed E-state index contributed by atoms with van der Waals surface area (Å²) in [5, 5.41) is 0. The van der Waals surface area contributed by atoms with Gasteiger partial charge in [0.2, 0.25) is 0 Å². The molecule has 23 heavy (non-hydrogen) atoms. The molecule has 0 aromatic rings. The first-order chi connectivity index (χ1) is 10.7. The third-order valence-electron chi connectivity index (χ3n) is 5.72. The minimum atomic E-state index is 0.408. The summed E-state index contributed by atoms with van der Waals surface area (Å²) in [6.45, 7) is 24.2. The normalized spacial score (nSPS) is 30.3. The fourth-order valence-corrected chi connectivity index (χ4v) is 4.58. The highest BCUT2D eigenvalue weighted by Crippen LogP contribution is 2.25. The third-order valence-corrected chi connectivity index (χ3v) is 5.72. The van der Waals surface area contributed by atoms with Crippen molar-refractivity contribution in [1.29, 1.82) is 0 Å². The van der Waals surface area contributed by atoms with E-state index in [9.17, 15) is 0 Å². The van der Waals surface area contributed by atoms with Crippen LogP contribution in [0.15, 0.2) is 0 Å². The first-order valence-electron chi connectivity index (χ1n) is 9.88. The van der Waals surface area contributed by atoms with Crippen molar-refractivity contribution in [2.75, 3.05) is 39.3 Å². The van der Waals surface area contributed by atoms with Crippen molar-refractivity contribution in [2.24, 2.45) is 11.3 Å². The van der Waals surface area contributed by atoms with Gasteiger partial charge in [0.15, 0.2) is 0 Å². The molecule has 2 aliphatic rings. The SMILES string of the molecule is CC(C)N1CCC(CN2[C@@H](C)CN(CC(C)(C)C)C[C@@H]2C)CC1. The Hall–Kier alpha value is -0.120. The van der Waals surface area contributed by atoms with E-state index in [2.05, 4.69) is 63.2 Å². The summed E-state index contributed by atoms with van der Waals surface area (Å²) in [5.41, 5.74) is 0.408. The van der Waals surface area contributed by atoms with Crippen LogP contribution in [0.25, 0.3) is 0 Å². The highest BCUT2D eigenvalue weighted by atomic mass is 15.3. The maximum absolute atomic E-state index is 2.80. The summed E-state index contributed by atoms with van der Waals surface area (Å²) in [7, 11) is 0. The Kier molecular flexibility index (Phi) is 6.55. The van der Waals surface area contributed by atoms with Gasteiger partial charge in [-0.2, -0.15) is 0 Å². The van der Waals surface area contributed by atoms with Crippen molar-refractivity contribution in [3.05, 3.63) is 0 Å². The molecular formula is C20H41N3. The number of nitrogens with zero attached hydrogens (tertiary/aromatic N) is 3. The van der Waals surface area contributed by atoms with Gasteiger partial charge in [0.05, 0.1) is 0 Å². The van der Waals surface area contributed by atoms with Crippen LogP contribution >= 0.6 is 0 Å². The Morgan fingerprint density at radius 1 is 0.957 bits per heavy atom. The molecule has 0 bridgehead atoms. The lowest BCUT2D eigenvalue weighted by atomic mass is 9.92. The fourth-order valence-electron chi connectivity index (χ4n) is 4.58. The highest BCUT2D eigenvalue weighted by molar-refractivity contribution is 4.88. The Balaban J connectivity index is 1.82. The van der Waals surface area contributed by atoms with Crippen LogP contribution in [0, 0.1) is 11.3 Å². The topological polar surface area (TPSA) is 9.72 Å². The molecular weight excluding hydrogens is 282 g/mol. The second-order valence-electron chi connectivity index (χ2n) is 9.72. The molecule has 0 aliphatic carbocycles. The lowest BCUT2D eigenvalue weighted by Crippen LogP contribution is -2.59. The molecule has 2 atom stereocenters. The number of hydrogen-bond donors (Lipinski definition) is 0. The van der Waals surface area contributed by atoms with Gasteiger partial charge in [0.1, 0.15) is 0 Å². The summed E-state index contributed by atoms with van der Waals surface area (Å²) < 4.78 is 0. The molecule has 0 spiro atoms. The second-order valence-corrected chi connectivity index (χ2v) is 9.72. The molecule has 2 rings (SSSR count). The average Bonchev–Trinajstić information content (AvgIpc) is 2.41. The van der Waals surface area contributed by atoms with Gasteiger partial charge in [-0.05, 0) is 65.0 Å². The third kappa shape index (κ3) is 5.72. The van der Waals surface area contributed by atoms with Crippen molar-refractivity contribution in [1.82, 2.24) is 14.7 Å². The van der Waals surface area contributed by atoms with Gasteiger partial charge >= 0.3 is 0 Å². The van der Waals surface area contributed by atoms with Crippen molar-refractivity contribution in [3.8, 4) is 0 Å². The number of hydrogen-bond acceptors (Lipinski definition) is 3. The number of rotatable bonds is 4. The summed E-state index contributed by atoms with van der Waals surface area (Å²) in [6, 6.07) is 2.11. The van der Waals surface area contributed by atoms with Gasteiger partial charge in [-0.3, -0.25) is 9.80 Å². The summed E-state index contributed by atoms with van der Waals surface area (Å²) in [6.07, 6.45) is 2.78. The molecule has 136 valence electrons. The number of piperazine rings is 1. The molecule has 0 unspecified atom stereocenters. The van der Waals surface area contributed by atoms with E-state index in [1.54, 1.807) is 0 Å². The van der Waals surface area contributed by atoms with Crippen LogP contribution in [0.4, 0.5) is 0 Å². The molecule has 2 heterocycles. The Morgan fingerprint density at radius 3 is 1.91 bits per heavy atom. The van der Waals surface area contributed by atoms with Crippen molar-refractivity contribution >= 4 is 0 Å². The first kappa shape index (κ1) is 19.2. The predicted molar refractivity (Wildman–Crippen MR) is 101 cm³/mol. The van der Waals surface area contributed by atoms with E-state index in [1.807, 2.05) is 0 Å². The molecule has 2 fully saturated rings. The zero-order valence-electron chi connectivity index (χ0n) is 16.8. The molecule has 0 N–H and O–H groups in total. The van der Waals surface area contributed by atoms with Crippen LogP contribution in [0.3, 0.4) is 0 Å². The van der Waals surface area contributed by atoms with Crippen molar-refractivity contribution in [3.63, 3.8) is 0 Å². The maximum atomic E-state index is 2.80. The van der Waals surface area contributed by atoms with E-state index in [0.717, 1.165) is 12.0 Å². The molecule has 0 amide bonds. The van der Waals surface area contributed by atoms with Crippen LogP contribution in [0.2, 0.25) is 0 Å². The lowest BCUT2D eigenvalue weighted by Gasteiger charge is -2.48. The van der Waals surface area contributed by atoms with Crippen LogP contribution in [-0.4, -0.2) is 72.1 Å². The standard InChI is InChI=1S/C20H41N3/c1-16(2)22-10-8-19(9-11-22)14-23-17(3)12-21(13-18(23)4)15-20(5,6)7/h16-19H,8-15H2,1-7H3/t17-,18-/m0/s1. The number of likely N-dealkylation sites (tertiary alicyclic amines) is 1. The average molecular weight is 324 g/mol. The minimum absolute atomic E-state index is 0.408. The van der Waals surface area contributed by atoms with Crippen molar-refractivity contribution < 1.29 is 0 Å². The smallest absolute Gasteiger partial charge is 0.0198 e. The van der Waals surface area contributed by atoms with E-state index >= 15 is 0 Å². The Morgan fingerprint density at radius 2 is 1.48 bits per heavy atom. The minimum Gasteiger partial charge on any atom is -0.301 e. The van der Waals surface area contributed by atoms with Gasteiger partial charge in [-0.1, -0.05) is 20.8 Å². The first-order valence-corrected chi connectivity index (χ1v) is 9.88. The van der Waals surface area contributed by atoms with E-state index < -0.39 is 0 Å². The van der Waals surface area contributed by atoms with Gasteiger partial charge in [0.25, 0.3) is 0 Å². The van der Waals surface area contributed by atoms with E-state index in [0.29, 0.717) is 17.5 Å². The maximum Gasteiger partial charge on any atom is 0.0198 e. The largest absolute Gasteiger partial charge is 0.301 e. The predicted octanol–water partition coefficient (Wildman–Crippen LogP) is 3.55. The van der Waals surface area contributed by atoms with E-state index in [4.69, 9.17) is 0 Å². The Labute approximate surface area is 145 Å². The zero-order valence-corrected chi connectivity index (χ0v) is 16.8. The van der Waals surface area contributed by atoms with Crippen LogP contribution in [0.5, 0.6) is 0 Å². The summed E-state index contributed by atoms with van der Waals surface area (Å²) in [4.78, 5) is 8.13. The summed E-state index contributed by atoms with van der Waals surface area (Å²) in [5.74, 6) is 0.907. The van der Waals surface area contributed by atoms with E-state index in [1.165, 1.54) is 52.1 Å². The molecule has 0 saturated carbocycles. The van der Waals surface area contributed by atoms with Crippen LogP contribution in [-0.2, 0) is 0 Å². The molecule has 2 saturated heterocycles. The van der Waals surface area contributed by atoms with Gasteiger partial charge in [-0.25, -0.2) is 0 Å². The molecule has 0 aromatic carbocycles. The van der Waals surface area contributed by atoms with Crippen LogP contribution < -0.4 is 0 Å². The fraction of sp³-hybridized carbons (Fsp3) is 1.00. The molecule has 3 heteroatoms. The molecule has 2 aliphatic heterocycles. The second kappa shape index (κ2) is 7.84. The van der Waals surface area contributed by atoms with E-state index in [-0.39, 0.29) is 0 Å². The molecule has 0 radical (unpaired) electrons. The quantitative estimate of drug-likeness (QED) is 0.783. The van der Waals surface area contributed by atoms with Crippen LogP contribution in [0.1, 0.15) is 61.3 Å². The Bertz CT molecular complexity index is 340. The summed E-state index contributed by atoms with van der Waals surface area (Å²) >= 11 is 0. The monoisotopic (exact) mass is 323 g/mol. The molecule has 3 nitrogen and oxygen atoms in total. The lowest BCUT2D eigenvalue weighted by molar-refractivity contribution is 0.00551. The highest BCUT2D eigenvalue weighted by Gasteiger charge is 2.33.